The number of rotatable bonds is 7. The maximum absolute atomic E-state index is 13.6. The van der Waals surface area contributed by atoms with Gasteiger partial charge in [-0.1, -0.05) is 6.07 Å². The predicted octanol–water partition coefficient (Wildman–Crippen LogP) is 1.49. The molecule has 3 rings (SSSR count). The summed E-state index contributed by atoms with van der Waals surface area (Å²) in [5.74, 6) is 0.582. The lowest BCUT2D eigenvalue weighted by atomic mass is 10.1. The molecule has 0 radical (unpaired) electrons. The van der Waals surface area contributed by atoms with Crippen LogP contribution in [-0.4, -0.2) is 23.7 Å². The number of nitrogens with zero attached hydrogens (tertiary/aromatic N) is 1. The number of ether oxygens (including phenoxy) is 3. The van der Waals surface area contributed by atoms with Gasteiger partial charge < -0.3 is 25.3 Å². The summed E-state index contributed by atoms with van der Waals surface area (Å²) in [7, 11) is 0. The van der Waals surface area contributed by atoms with E-state index in [2.05, 4.69) is 10.3 Å². The molecule has 0 aliphatic carbocycles. The van der Waals surface area contributed by atoms with E-state index in [0.29, 0.717) is 29.4 Å². The minimum absolute atomic E-state index is 0.0421. The Morgan fingerprint density at radius 3 is 2.92 bits per heavy atom. The molecule has 3 N–H and O–H groups in total. The highest BCUT2D eigenvalue weighted by Gasteiger charge is 2.23. The molecule has 0 bridgehead atoms. The van der Waals surface area contributed by atoms with Crippen molar-refractivity contribution >= 4 is 5.91 Å². The molecule has 0 saturated carbocycles. The summed E-state index contributed by atoms with van der Waals surface area (Å²) in [5.41, 5.74) is 6.43. The van der Waals surface area contributed by atoms with Crippen LogP contribution in [0.3, 0.4) is 0 Å². The lowest BCUT2D eigenvalue weighted by molar-refractivity contribution is -0.119. The van der Waals surface area contributed by atoms with E-state index in [4.69, 9.17) is 19.9 Å². The predicted molar refractivity (Wildman–Crippen MR) is 86.6 cm³/mol. The van der Waals surface area contributed by atoms with Gasteiger partial charge in [-0.05, 0) is 19.1 Å². The van der Waals surface area contributed by atoms with Crippen LogP contribution in [-0.2, 0) is 17.9 Å². The molecular formula is C17H18FN3O4. The fourth-order valence-corrected chi connectivity index (χ4v) is 2.32. The Bertz CT molecular complexity index is 784. The molecule has 1 aromatic heterocycles. The summed E-state index contributed by atoms with van der Waals surface area (Å²) in [6.45, 7) is 2.17. The van der Waals surface area contributed by atoms with Gasteiger partial charge in [0.05, 0.1) is 12.2 Å². The fraction of sp³-hybridized carbons (Fsp3) is 0.294. The number of hydrogen-bond acceptors (Lipinski definition) is 6. The number of primary amides is 1. The summed E-state index contributed by atoms with van der Waals surface area (Å²) in [4.78, 5) is 14.8. The van der Waals surface area contributed by atoms with E-state index in [0.717, 1.165) is 11.8 Å². The van der Waals surface area contributed by atoms with E-state index in [1.165, 1.54) is 6.20 Å². The number of halogens is 1. The molecule has 25 heavy (non-hydrogen) atoms. The highest BCUT2D eigenvalue weighted by molar-refractivity contribution is 5.79. The number of amides is 1. The lowest BCUT2D eigenvalue weighted by Gasteiger charge is -2.14. The molecule has 0 fully saturated rings. The molecule has 1 amide bonds. The molecule has 2 aromatic rings. The largest absolute Gasteiger partial charge is 0.485 e. The van der Waals surface area contributed by atoms with E-state index >= 15 is 0 Å². The van der Waals surface area contributed by atoms with Gasteiger partial charge in [-0.25, -0.2) is 4.39 Å². The van der Waals surface area contributed by atoms with Crippen LogP contribution in [0.15, 0.2) is 30.6 Å². The van der Waals surface area contributed by atoms with Gasteiger partial charge in [-0.3, -0.25) is 9.78 Å². The Morgan fingerprint density at radius 2 is 2.16 bits per heavy atom. The first kappa shape index (κ1) is 17.0. The van der Waals surface area contributed by atoms with Crippen LogP contribution in [0.2, 0.25) is 0 Å². The summed E-state index contributed by atoms with van der Waals surface area (Å²) in [6.07, 6.45) is 2.64. The maximum atomic E-state index is 13.6. The van der Waals surface area contributed by atoms with Crippen molar-refractivity contribution in [2.75, 3.05) is 6.79 Å². The van der Waals surface area contributed by atoms with Gasteiger partial charge in [-0.2, -0.15) is 0 Å². The molecule has 2 heterocycles. The number of fused-ring (bicyclic) bond motifs is 1. The van der Waals surface area contributed by atoms with Crippen LogP contribution in [0.1, 0.15) is 18.1 Å². The fourth-order valence-electron chi connectivity index (χ4n) is 2.32. The highest BCUT2D eigenvalue weighted by atomic mass is 19.1. The third-order valence-corrected chi connectivity index (χ3v) is 3.83. The molecule has 0 saturated heterocycles. The van der Waals surface area contributed by atoms with Gasteiger partial charge in [0.1, 0.15) is 12.4 Å². The monoisotopic (exact) mass is 347 g/mol. The number of carbonyl (C=O) groups excluding carboxylic acids is 1. The van der Waals surface area contributed by atoms with Gasteiger partial charge in [0, 0.05) is 23.9 Å². The minimum atomic E-state index is -0.469. The zero-order chi connectivity index (χ0) is 17.8. The molecule has 1 aliphatic rings. The number of nitrogens with one attached hydrogen (secondary N) is 1. The second kappa shape index (κ2) is 7.35. The standard InChI is InChI=1S/C17H18FN3O4/c1-10(17(19)22)21-6-11-2-3-14(16-15(11)24-9-25-16)23-8-12-4-5-20-7-13(12)18/h2-5,7,10,21H,6,8-9H2,1H3,(H2,19,22). The molecule has 8 heteroatoms. The first-order chi connectivity index (χ1) is 12.1. The molecule has 0 spiro atoms. The highest BCUT2D eigenvalue weighted by Crippen LogP contribution is 2.43. The molecule has 1 atom stereocenters. The Balaban J connectivity index is 1.73. The third kappa shape index (κ3) is 3.80. The zero-order valence-corrected chi connectivity index (χ0v) is 13.6. The molecule has 7 nitrogen and oxygen atoms in total. The number of carbonyl (C=O) groups is 1. The zero-order valence-electron chi connectivity index (χ0n) is 13.6. The van der Waals surface area contributed by atoms with Crippen molar-refractivity contribution in [3.63, 3.8) is 0 Å². The number of aromatic nitrogens is 1. The number of hydrogen-bond donors (Lipinski definition) is 2. The Labute approximate surface area is 143 Å². The Morgan fingerprint density at radius 1 is 1.36 bits per heavy atom. The number of benzene rings is 1. The van der Waals surface area contributed by atoms with Crippen LogP contribution in [0.25, 0.3) is 0 Å². The van der Waals surface area contributed by atoms with E-state index in [9.17, 15) is 9.18 Å². The van der Waals surface area contributed by atoms with Crippen molar-refractivity contribution in [3.05, 3.63) is 47.5 Å². The smallest absolute Gasteiger partial charge is 0.234 e. The van der Waals surface area contributed by atoms with Crippen molar-refractivity contribution in [3.8, 4) is 17.2 Å². The van der Waals surface area contributed by atoms with Gasteiger partial charge in [0.2, 0.25) is 18.4 Å². The summed E-state index contributed by atoms with van der Waals surface area (Å²) in [6, 6.07) is 4.60. The molecule has 1 aromatic carbocycles. The van der Waals surface area contributed by atoms with Crippen molar-refractivity contribution in [1.82, 2.24) is 10.3 Å². The third-order valence-electron chi connectivity index (χ3n) is 3.83. The topological polar surface area (TPSA) is 95.7 Å². The molecule has 1 unspecified atom stereocenters. The van der Waals surface area contributed by atoms with E-state index in [1.807, 2.05) is 0 Å². The Kier molecular flexibility index (Phi) is 4.99. The van der Waals surface area contributed by atoms with Gasteiger partial charge in [0.25, 0.3) is 0 Å². The van der Waals surface area contributed by atoms with E-state index < -0.39 is 17.8 Å². The van der Waals surface area contributed by atoms with Crippen LogP contribution in [0.4, 0.5) is 4.39 Å². The summed E-state index contributed by atoms with van der Waals surface area (Å²) < 4.78 is 30.3. The van der Waals surface area contributed by atoms with Crippen LogP contribution >= 0.6 is 0 Å². The summed E-state index contributed by atoms with van der Waals surface area (Å²) >= 11 is 0. The van der Waals surface area contributed by atoms with Gasteiger partial charge in [0.15, 0.2) is 11.5 Å². The molecule has 132 valence electrons. The second-order valence-electron chi connectivity index (χ2n) is 5.55. The van der Waals surface area contributed by atoms with Crippen molar-refractivity contribution in [2.45, 2.75) is 26.1 Å². The second-order valence-corrected chi connectivity index (χ2v) is 5.55. The van der Waals surface area contributed by atoms with E-state index in [1.54, 1.807) is 25.1 Å². The van der Waals surface area contributed by atoms with Crippen LogP contribution in [0.5, 0.6) is 17.2 Å². The van der Waals surface area contributed by atoms with Crippen molar-refractivity contribution in [2.24, 2.45) is 5.73 Å². The van der Waals surface area contributed by atoms with Crippen LogP contribution < -0.4 is 25.3 Å². The quantitative estimate of drug-likeness (QED) is 0.788. The number of pyridine rings is 1. The van der Waals surface area contributed by atoms with Gasteiger partial charge in [-0.15, -0.1) is 0 Å². The molecular weight excluding hydrogens is 329 g/mol. The first-order valence-corrected chi connectivity index (χ1v) is 7.71. The van der Waals surface area contributed by atoms with Crippen LogP contribution in [0, 0.1) is 5.82 Å². The van der Waals surface area contributed by atoms with E-state index in [-0.39, 0.29) is 13.4 Å². The van der Waals surface area contributed by atoms with Crippen molar-refractivity contribution in [1.29, 1.82) is 0 Å². The molecule has 1 aliphatic heterocycles. The lowest BCUT2D eigenvalue weighted by Crippen LogP contribution is -2.38. The Hall–Kier alpha value is -2.87. The number of nitrogens with two attached hydrogens (primary N) is 1. The maximum Gasteiger partial charge on any atom is 0.234 e. The first-order valence-electron chi connectivity index (χ1n) is 7.71. The normalized spacial score (nSPS) is 13.5. The average molecular weight is 347 g/mol. The SMILES string of the molecule is CC(NCc1ccc(OCc2ccncc2F)c2c1OCO2)C(N)=O. The summed E-state index contributed by atoms with van der Waals surface area (Å²) in [5, 5.41) is 3.01. The minimum Gasteiger partial charge on any atom is -0.485 e. The van der Waals surface area contributed by atoms with Crippen molar-refractivity contribution < 1.29 is 23.4 Å². The van der Waals surface area contributed by atoms with Gasteiger partial charge >= 0.3 is 0 Å². The average Bonchev–Trinajstić information content (AvgIpc) is 3.09.